The molecule has 0 aliphatic carbocycles. The Morgan fingerprint density at radius 3 is 2.18 bits per heavy atom. The largest absolute Gasteiger partial charge is 0.330 e. The van der Waals surface area contributed by atoms with E-state index in [4.69, 9.17) is 5.73 Å². The van der Waals surface area contributed by atoms with Crippen LogP contribution in [0.2, 0.25) is 0 Å². The number of hydrogen-bond acceptors (Lipinski definition) is 4. The van der Waals surface area contributed by atoms with Gasteiger partial charge in [0.1, 0.15) is 0 Å². The molecule has 0 saturated heterocycles. The topological polar surface area (TPSA) is 64.7 Å². The number of rotatable bonds is 3. The van der Waals surface area contributed by atoms with E-state index in [0.717, 1.165) is 34.8 Å². The first kappa shape index (κ1) is 11.7. The molecule has 0 fully saturated rings. The van der Waals surface area contributed by atoms with Gasteiger partial charge in [-0.15, -0.1) is 0 Å². The second-order valence-corrected chi connectivity index (χ2v) is 3.97. The minimum Gasteiger partial charge on any atom is -0.330 e. The molecule has 0 unspecified atom stereocenters. The van der Waals surface area contributed by atoms with Crippen LogP contribution in [0.5, 0.6) is 0 Å². The molecule has 0 bridgehead atoms. The molecule has 0 amide bonds. The lowest BCUT2D eigenvalue weighted by Gasteiger charge is -2.09. The molecule has 0 atom stereocenters. The Bertz CT molecular complexity index is 485. The Morgan fingerprint density at radius 1 is 1.06 bits per heavy atom. The van der Waals surface area contributed by atoms with Crippen molar-refractivity contribution >= 4 is 0 Å². The summed E-state index contributed by atoms with van der Waals surface area (Å²) in [6.07, 6.45) is 4.32. The van der Waals surface area contributed by atoms with E-state index in [1.807, 2.05) is 26.0 Å². The molecule has 2 aromatic rings. The van der Waals surface area contributed by atoms with E-state index >= 15 is 0 Å². The van der Waals surface area contributed by atoms with Crippen molar-refractivity contribution in [3.8, 4) is 11.4 Å². The maximum atomic E-state index is 5.58. The highest BCUT2D eigenvalue weighted by Crippen LogP contribution is 2.18. The van der Waals surface area contributed by atoms with Crippen molar-refractivity contribution in [3.05, 3.63) is 41.5 Å². The number of aryl methyl sites for hydroxylation is 2. The molecule has 0 radical (unpaired) electrons. The fraction of sp³-hybridized carbons (Fsp3) is 0.308. The summed E-state index contributed by atoms with van der Waals surface area (Å²) < 4.78 is 0. The van der Waals surface area contributed by atoms with Crippen molar-refractivity contribution in [3.63, 3.8) is 0 Å². The van der Waals surface area contributed by atoms with E-state index in [2.05, 4.69) is 15.0 Å². The predicted molar refractivity (Wildman–Crippen MR) is 67.5 cm³/mol. The van der Waals surface area contributed by atoms with Crippen molar-refractivity contribution in [2.45, 2.75) is 20.3 Å². The normalized spacial score (nSPS) is 10.5. The minimum absolute atomic E-state index is 0.625. The molecule has 4 nitrogen and oxygen atoms in total. The molecular weight excluding hydrogens is 212 g/mol. The highest BCUT2D eigenvalue weighted by Gasteiger charge is 2.08. The molecule has 0 aromatic carbocycles. The van der Waals surface area contributed by atoms with Crippen molar-refractivity contribution in [1.29, 1.82) is 0 Å². The number of hydrogen-bond donors (Lipinski definition) is 1. The third kappa shape index (κ3) is 2.47. The lowest BCUT2D eigenvalue weighted by molar-refractivity contribution is 0.898. The minimum atomic E-state index is 0.625. The van der Waals surface area contributed by atoms with Gasteiger partial charge in [0.25, 0.3) is 0 Å². The van der Waals surface area contributed by atoms with Crippen molar-refractivity contribution < 1.29 is 0 Å². The van der Waals surface area contributed by atoms with Gasteiger partial charge in [-0.1, -0.05) is 0 Å². The number of aromatic nitrogens is 3. The van der Waals surface area contributed by atoms with E-state index in [9.17, 15) is 0 Å². The zero-order valence-corrected chi connectivity index (χ0v) is 10.1. The Morgan fingerprint density at radius 2 is 1.65 bits per heavy atom. The van der Waals surface area contributed by atoms with Gasteiger partial charge >= 0.3 is 0 Å². The molecule has 0 saturated carbocycles. The second-order valence-electron chi connectivity index (χ2n) is 3.97. The Balaban J connectivity index is 2.46. The van der Waals surface area contributed by atoms with Crippen molar-refractivity contribution in [1.82, 2.24) is 15.0 Å². The van der Waals surface area contributed by atoms with Crippen LogP contribution in [-0.4, -0.2) is 21.5 Å². The lowest BCUT2D eigenvalue weighted by atomic mass is 10.1. The first-order chi connectivity index (χ1) is 8.22. The summed E-state index contributed by atoms with van der Waals surface area (Å²) in [6, 6.07) is 3.83. The summed E-state index contributed by atoms with van der Waals surface area (Å²) in [5, 5.41) is 0. The van der Waals surface area contributed by atoms with Gasteiger partial charge in [0.15, 0.2) is 5.82 Å². The van der Waals surface area contributed by atoms with Crippen molar-refractivity contribution in [2.24, 2.45) is 5.73 Å². The Kier molecular flexibility index (Phi) is 3.44. The Hall–Kier alpha value is -1.81. The maximum Gasteiger partial charge on any atom is 0.159 e. The Labute approximate surface area is 101 Å². The van der Waals surface area contributed by atoms with Gasteiger partial charge in [-0.25, -0.2) is 9.97 Å². The quantitative estimate of drug-likeness (QED) is 0.867. The van der Waals surface area contributed by atoms with E-state index in [1.165, 1.54) is 0 Å². The van der Waals surface area contributed by atoms with Crippen LogP contribution in [0, 0.1) is 13.8 Å². The smallest absolute Gasteiger partial charge is 0.159 e. The molecule has 0 spiro atoms. The lowest BCUT2D eigenvalue weighted by Crippen LogP contribution is -2.09. The van der Waals surface area contributed by atoms with E-state index in [-0.39, 0.29) is 0 Å². The molecular formula is C13H16N4. The molecule has 17 heavy (non-hydrogen) atoms. The zero-order chi connectivity index (χ0) is 12.3. The summed E-state index contributed by atoms with van der Waals surface area (Å²) in [7, 11) is 0. The monoisotopic (exact) mass is 228 g/mol. The summed E-state index contributed by atoms with van der Waals surface area (Å²) in [5.74, 6) is 0.753. The van der Waals surface area contributed by atoms with Gasteiger partial charge in [-0.3, -0.25) is 4.98 Å². The van der Waals surface area contributed by atoms with Crippen LogP contribution in [0.3, 0.4) is 0 Å². The van der Waals surface area contributed by atoms with Gasteiger partial charge in [0.2, 0.25) is 0 Å². The molecule has 0 aliphatic rings. The van der Waals surface area contributed by atoms with Crippen LogP contribution >= 0.6 is 0 Å². The average Bonchev–Trinajstić information content (AvgIpc) is 2.35. The highest BCUT2D eigenvalue weighted by atomic mass is 14.9. The highest BCUT2D eigenvalue weighted by molar-refractivity contribution is 5.54. The van der Waals surface area contributed by atoms with Gasteiger partial charge in [-0.2, -0.15) is 0 Å². The van der Waals surface area contributed by atoms with Crippen LogP contribution in [0.1, 0.15) is 17.0 Å². The first-order valence-electron chi connectivity index (χ1n) is 5.67. The predicted octanol–water partition coefficient (Wildman–Crippen LogP) is 1.66. The van der Waals surface area contributed by atoms with Gasteiger partial charge in [-0.05, 0) is 44.5 Å². The fourth-order valence-electron chi connectivity index (χ4n) is 1.88. The summed E-state index contributed by atoms with van der Waals surface area (Å²) in [4.78, 5) is 13.0. The van der Waals surface area contributed by atoms with Gasteiger partial charge in [0.05, 0.1) is 0 Å². The first-order valence-corrected chi connectivity index (χ1v) is 5.67. The van der Waals surface area contributed by atoms with Crippen LogP contribution in [0.4, 0.5) is 0 Å². The maximum absolute atomic E-state index is 5.58. The fourth-order valence-corrected chi connectivity index (χ4v) is 1.88. The number of nitrogens with zero attached hydrogens (tertiary/aromatic N) is 3. The SMILES string of the molecule is Cc1nc(-c2ccncc2)nc(C)c1CCN. The van der Waals surface area contributed by atoms with E-state index in [1.54, 1.807) is 12.4 Å². The van der Waals surface area contributed by atoms with E-state index < -0.39 is 0 Å². The summed E-state index contributed by atoms with van der Waals surface area (Å²) in [5.41, 5.74) is 9.75. The average molecular weight is 228 g/mol. The molecule has 2 heterocycles. The number of pyridine rings is 1. The van der Waals surface area contributed by atoms with Crippen molar-refractivity contribution in [2.75, 3.05) is 6.54 Å². The zero-order valence-electron chi connectivity index (χ0n) is 10.1. The third-order valence-electron chi connectivity index (χ3n) is 2.75. The molecule has 2 N–H and O–H groups in total. The van der Waals surface area contributed by atoms with E-state index in [0.29, 0.717) is 6.54 Å². The van der Waals surface area contributed by atoms with Crippen LogP contribution < -0.4 is 5.73 Å². The van der Waals surface area contributed by atoms with Crippen LogP contribution in [0.15, 0.2) is 24.5 Å². The number of nitrogens with two attached hydrogens (primary N) is 1. The van der Waals surface area contributed by atoms with Crippen LogP contribution in [-0.2, 0) is 6.42 Å². The van der Waals surface area contributed by atoms with Crippen LogP contribution in [0.25, 0.3) is 11.4 Å². The molecule has 2 rings (SSSR count). The third-order valence-corrected chi connectivity index (χ3v) is 2.75. The molecule has 2 aromatic heterocycles. The molecule has 0 aliphatic heterocycles. The van der Waals surface area contributed by atoms with Gasteiger partial charge in [0, 0.05) is 29.3 Å². The summed E-state index contributed by atoms with van der Waals surface area (Å²) in [6.45, 7) is 4.63. The second kappa shape index (κ2) is 5.01. The standard InChI is InChI=1S/C13H16N4/c1-9-12(3-6-14)10(2)17-13(16-9)11-4-7-15-8-5-11/h4-5,7-8H,3,6,14H2,1-2H3. The van der Waals surface area contributed by atoms with Gasteiger partial charge < -0.3 is 5.73 Å². The summed E-state index contributed by atoms with van der Waals surface area (Å²) >= 11 is 0. The molecule has 88 valence electrons. The molecule has 4 heteroatoms.